The molecule has 1 unspecified atom stereocenters. The zero-order valence-electron chi connectivity index (χ0n) is 16.2. The molecule has 1 aromatic carbocycles. The van der Waals surface area contributed by atoms with Gasteiger partial charge in [0.05, 0.1) is 18.6 Å². The first-order valence-corrected chi connectivity index (χ1v) is 8.78. The molecule has 0 bridgehead atoms. The van der Waals surface area contributed by atoms with Crippen molar-refractivity contribution in [2.24, 2.45) is 0 Å². The summed E-state index contributed by atoms with van der Waals surface area (Å²) in [7, 11) is 0. The number of aliphatic hydroxyl groups is 1. The van der Waals surface area contributed by atoms with Crippen LogP contribution in [0.4, 0.5) is 48.3 Å². The molecule has 0 radical (unpaired) electrons. The summed E-state index contributed by atoms with van der Waals surface area (Å²) in [5, 5.41) is 10.1. The predicted octanol–water partition coefficient (Wildman–Crippen LogP) is 6.57. The molecule has 31 heavy (non-hydrogen) atoms. The quantitative estimate of drug-likeness (QED) is 0.306. The topological polar surface area (TPSA) is 29.5 Å². The van der Waals surface area contributed by atoms with E-state index in [0.29, 0.717) is 13.3 Å². The molecule has 0 heterocycles. The van der Waals surface area contributed by atoms with E-state index in [1.165, 1.54) is 0 Å². The smallest absolute Gasteiger partial charge is 0.460 e. The van der Waals surface area contributed by atoms with Gasteiger partial charge in [-0.1, -0.05) is 25.5 Å². The van der Waals surface area contributed by atoms with Crippen molar-refractivity contribution in [1.82, 2.24) is 0 Å². The van der Waals surface area contributed by atoms with Crippen molar-refractivity contribution in [3.63, 3.8) is 0 Å². The Kier molecular flexibility index (Phi) is 7.58. The van der Waals surface area contributed by atoms with E-state index in [2.05, 4.69) is 0 Å². The Bertz CT molecular complexity index is 725. The van der Waals surface area contributed by atoms with Gasteiger partial charge in [0.1, 0.15) is 5.75 Å². The van der Waals surface area contributed by atoms with Crippen LogP contribution >= 0.6 is 0 Å². The summed E-state index contributed by atoms with van der Waals surface area (Å²) in [5.74, 6) is -28.1. The summed E-state index contributed by atoms with van der Waals surface area (Å²) in [5.41, 5.74) is -3.52. The second-order valence-electron chi connectivity index (χ2n) is 7.10. The lowest BCUT2D eigenvalue weighted by Gasteiger charge is -2.39. The normalized spacial score (nSPS) is 16.2. The lowest BCUT2D eigenvalue weighted by Crippen LogP contribution is -2.67. The summed E-state index contributed by atoms with van der Waals surface area (Å²) in [6.07, 6.45) is -8.36. The Labute approximate surface area is 170 Å². The first-order chi connectivity index (χ1) is 13.7. The van der Waals surface area contributed by atoms with Crippen molar-refractivity contribution in [2.45, 2.75) is 68.6 Å². The molecular weight excluding hydrogens is 457 g/mol. The summed E-state index contributed by atoms with van der Waals surface area (Å²) in [4.78, 5) is 0. The van der Waals surface area contributed by atoms with Gasteiger partial charge in [-0.3, -0.25) is 0 Å². The Morgan fingerprint density at radius 3 is 1.68 bits per heavy atom. The van der Waals surface area contributed by atoms with Crippen LogP contribution in [0.15, 0.2) is 24.3 Å². The SMILES string of the molecule is CCCCOc1ccc(C(C)(O)CC(F)(F)C(F)(F)C(F)(F)C(F)(F)C(F)(F)F)cc1. The Morgan fingerprint density at radius 2 is 1.26 bits per heavy atom. The lowest BCUT2D eigenvalue weighted by atomic mass is 9.85. The molecule has 0 fully saturated rings. The van der Waals surface area contributed by atoms with Crippen molar-refractivity contribution in [1.29, 1.82) is 0 Å². The number of unbranched alkanes of at least 4 members (excludes halogenated alkanes) is 1. The molecule has 0 saturated heterocycles. The second kappa shape index (κ2) is 8.62. The van der Waals surface area contributed by atoms with Crippen LogP contribution in [0.5, 0.6) is 5.75 Å². The summed E-state index contributed by atoms with van der Waals surface area (Å²) >= 11 is 0. The van der Waals surface area contributed by atoms with Crippen LogP contribution in [0.1, 0.15) is 38.7 Å². The molecule has 1 N–H and O–H groups in total. The number of hydrogen-bond acceptors (Lipinski definition) is 2. The molecule has 180 valence electrons. The van der Waals surface area contributed by atoms with Crippen molar-refractivity contribution in [3.8, 4) is 5.75 Å². The average Bonchev–Trinajstić information content (AvgIpc) is 2.60. The van der Waals surface area contributed by atoms with E-state index >= 15 is 0 Å². The number of rotatable bonds is 10. The van der Waals surface area contributed by atoms with E-state index in [0.717, 1.165) is 30.7 Å². The molecule has 0 aliphatic rings. The van der Waals surface area contributed by atoms with Crippen LogP contribution < -0.4 is 4.74 Å². The van der Waals surface area contributed by atoms with E-state index in [1.807, 2.05) is 6.92 Å². The Hall–Kier alpha value is -1.79. The monoisotopic (exact) mass is 476 g/mol. The number of benzene rings is 1. The van der Waals surface area contributed by atoms with Crippen molar-refractivity contribution < 1.29 is 58.1 Å². The number of ether oxygens (including phenoxy) is 1. The molecule has 13 heteroatoms. The minimum absolute atomic E-state index is 0.196. The van der Waals surface area contributed by atoms with Gasteiger partial charge in [0.2, 0.25) is 0 Å². The molecule has 0 aromatic heterocycles. The highest BCUT2D eigenvalue weighted by molar-refractivity contribution is 5.31. The van der Waals surface area contributed by atoms with Crippen LogP contribution in [0.3, 0.4) is 0 Å². The second-order valence-corrected chi connectivity index (χ2v) is 7.10. The first kappa shape index (κ1) is 27.2. The molecule has 0 spiro atoms. The maximum atomic E-state index is 14.0. The third kappa shape index (κ3) is 5.17. The number of hydrogen-bond donors (Lipinski definition) is 1. The Morgan fingerprint density at radius 1 is 0.774 bits per heavy atom. The standard InChI is InChI=1S/C18H19F11O2/c1-3-4-9-31-12-7-5-11(6-8-12)13(2,30)10-14(19,20)15(21,22)16(23,24)17(25,26)18(27,28)29/h5-8,30H,3-4,9-10H2,1-2H3. The van der Waals surface area contributed by atoms with E-state index in [9.17, 15) is 53.4 Å². The molecule has 0 amide bonds. The van der Waals surface area contributed by atoms with Crippen LogP contribution in [-0.2, 0) is 5.60 Å². The van der Waals surface area contributed by atoms with Crippen molar-refractivity contribution >= 4 is 0 Å². The van der Waals surface area contributed by atoms with Gasteiger partial charge in [0.25, 0.3) is 0 Å². The average molecular weight is 476 g/mol. The summed E-state index contributed by atoms with van der Waals surface area (Å²) < 4.78 is 149. The van der Waals surface area contributed by atoms with E-state index in [-0.39, 0.29) is 12.4 Å². The van der Waals surface area contributed by atoms with Crippen LogP contribution in [-0.4, -0.2) is 41.6 Å². The zero-order chi connectivity index (χ0) is 24.5. The highest BCUT2D eigenvalue weighted by Crippen LogP contribution is 2.59. The van der Waals surface area contributed by atoms with E-state index in [4.69, 9.17) is 4.74 Å². The highest BCUT2D eigenvalue weighted by atomic mass is 19.4. The maximum absolute atomic E-state index is 14.0. The van der Waals surface area contributed by atoms with Gasteiger partial charge in [-0.05, 0) is 31.0 Å². The number of halogens is 11. The Balaban J connectivity index is 3.17. The van der Waals surface area contributed by atoms with Gasteiger partial charge in [0, 0.05) is 0 Å². The van der Waals surface area contributed by atoms with Crippen LogP contribution in [0.25, 0.3) is 0 Å². The molecule has 0 aliphatic carbocycles. The molecule has 2 nitrogen and oxygen atoms in total. The fourth-order valence-corrected chi connectivity index (χ4v) is 2.49. The molecule has 0 aliphatic heterocycles. The molecular formula is C18H19F11O2. The number of alkyl halides is 11. The van der Waals surface area contributed by atoms with E-state index < -0.39 is 47.5 Å². The van der Waals surface area contributed by atoms with Crippen LogP contribution in [0, 0.1) is 0 Å². The molecule has 1 rings (SSSR count). The highest BCUT2D eigenvalue weighted by Gasteiger charge is 2.87. The zero-order valence-corrected chi connectivity index (χ0v) is 16.2. The largest absolute Gasteiger partial charge is 0.494 e. The van der Waals surface area contributed by atoms with Crippen molar-refractivity contribution in [2.75, 3.05) is 6.61 Å². The van der Waals surface area contributed by atoms with Gasteiger partial charge < -0.3 is 9.84 Å². The minimum Gasteiger partial charge on any atom is -0.494 e. The third-order valence-electron chi connectivity index (χ3n) is 4.41. The fourth-order valence-electron chi connectivity index (χ4n) is 2.49. The minimum atomic E-state index is -7.51. The summed E-state index contributed by atoms with van der Waals surface area (Å²) in [6.45, 7) is 2.64. The van der Waals surface area contributed by atoms with Gasteiger partial charge in [0.15, 0.2) is 0 Å². The van der Waals surface area contributed by atoms with Gasteiger partial charge in [-0.25, -0.2) is 0 Å². The molecule has 1 aromatic rings. The van der Waals surface area contributed by atoms with Gasteiger partial charge in [-0.2, -0.15) is 48.3 Å². The van der Waals surface area contributed by atoms with E-state index in [1.54, 1.807) is 0 Å². The fraction of sp³-hybridized carbons (Fsp3) is 0.667. The van der Waals surface area contributed by atoms with Crippen LogP contribution in [0.2, 0.25) is 0 Å². The first-order valence-electron chi connectivity index (χ1n) is 8.78. The third-order valence-corrected chi connectivity index (χ3v) is 4.41. The predicted molar refractivity (Wildman–Crippen MR) is 86.9 cm³/mol. The summed E-state index contributed by atoms with van der Waals surface area (Å²) in [6, 6.07) is 4.14. The van der Waals surface area contributed by atoms with Gasteiger partial charge in [-0.15, -0.1) is 0 Å². The lowest BCUT2D eigenvalue weighted by molar-refractivity contribution is -0.424. The maximum Gasteiger partial charge on any atom is 0.460 e. The molecule has 0 saturated carbocycles. The van der Waals surface area contributed by atoms with Crippen molar-refractivity contribution in [3.05, 3.63) is 29.8 Å². The van der Waals surface area contributed by atoms with Gasteiger partial charge >= 0.3 is 29.9 Å². The molecule has 1 atom stereocenters.